The van der Waals surface area contributed by atoms with Gasteiger partial charge in [0.15, 0.2) is 0 Å². The lowest BCUT2D eigenvalue weighted by Crippen LogP contribution is -2.48. The lowest BCUT2D eigenvalue weighted by atomic mass is 9.98. The highest BCUT2D eigenvalue weighted by Gasteiger charge is 2.32. The number of rotatable bonds is 5. The van der Waals surface area contributed by atoms with E-state index in [4.69, 9.17) is 10.5 Å². The third-order valence-electron chi connectivity index (χ3n) is 3.19. The van der Waals surface area contributed by atoms with E-state index in [1.54, 1.807) is 12.1 Å². The maximum absolute atomic E-state index is 12.3. The molecular formula is C14H18N2O3. The molecule has 0 saturated heterocycles. The van der Waals surface area contributed by atoms with Crippen LogP contribution >= 0.6 is 0 Å². The van der Waals surface area contributed by atoms with Crippen LogP contribution in [0.25, 0.3) is 0 Å². The average molecular weight is 262 g/mol. The number of carbonyl (C=O) groups excluding carboxylic acids is 2. The van der Waals surface area contributed by atoms with Crippen molar-refractivity contribution in [2.45, 2.75) is 19.4 Å². The third-order valence-corrected chi connectivity index (χ3v) is 3.19. The molecule has 0 spiro atoms. The van der Waals surface area contributed by atoms with Crippen molar-refractivity contribution in [3.05, 3.63) is 35.4 Å². The standard InChI is InChI=1S/C14H18N2O3/c1-2-19-11(8-15)9-16-13(17)7-10-5-3-4-6-12(10)14(16)18/h3-6,11H,2,7-9,15H2,1H3. The molecule has 1 aliphatic heterocycles. The van der Waals surface area contributed by atoms with Crippen LogP contribution in [0.4, 0.5) is 0 Å². The fourth-order valence-corrected chi connectivity index (χ4v) is 2.22. The number of benzene rings is 1. The van der Waals surface area contributed by atoms with Crippen molar-refractivity contribution < 1.29 is 14.3 Å². The first kappa shape index (κ1) is 13.7. The summed E-state index contributed by atoms with van der Waals surface area (Å²) in [4.78, 5) is 25.6. The highest BCUT2D eigenvalue weighted by molar-refractivity contribution is 6.09. The number of nitrogens with two attached hydrogens (primary N) is 1. The summed E-state index contributed by atoms with van der Waals surface area (Å²) in [7, 11) is 0. The summed E-state index contributed by atoms with van der Waals surface area (Å²) in [5.74, 6) is -0.452. The van der Waals surface area contributed by atoms with E-state index in [2.05, 4.69) is 0 Å². The van der Waals surface area contributed by atoms with E-state index < -0.39 is 0 Å². The normalized spacial score (nSPS) is 16.4. The van der Waals surface area contributed by atoms with Gasteiger partial charge in [-0.25, -0.2) is 0 Å². The van der Waals surface area contributed by atoms with Crippen LogP contribution in [0, 0.1) is 0 Å². The summed E-state index contributed by atoms with van der Waals surface area (Å²) >= 11 is 0. The summed E-state index contributed by atoms with van der Waals surface area (Å²) < 4.78 is 5.41. The molecule has 5 heteroatoms. The van der Waals surface area contributed by atoms with Crippen molar-refractivity contribution in [2.75, 3.05) is 19.7 Å². The van der Waals surface area contributed by atoms with Crippen LogP contribution < -0.4 is 5.73 Å². The Kier molecular flexibility index (Phi) is 4.29. The molecular weight excluding hydrogens is 244 g/mol. The molecule has 1 aromatic carbocycles. The van der Waals surface area contributed by atoms with E-state index in [0.29, 0.717) is 12.2 Å². The van der Waals surface area contributed by atoms with Gasteiger partial charge in [-0.3, -0.25) is 14.5 Å². The van der Waals surface area contributed by atoms with E-state index in [1.807, 2.05) is 19.1 Å². The minimum Gasteiger partial charge on any atom is -0.375 e. The maximum Gasteiger partial charge on any atom is 0.260 e. The second-order valence-electron chi connectivity index (χ2n) is 4.46. The molecule has 1 aromatic rings. The number of amides is 2. The Morgan fingerprint density at radius 3 is 2.79 bits per heavy atom. The van der Waals surface area contributed by atoms with Crippen LogP contribution in [-0.2, 0) is 16.0 Å². The first-order valence-corrected chi connectivity index (χ1v) is 6.41. The van der Waals surface area contributed by atoms with Crippen molar-refractivity contribution in [1.29, 1.82) is 0 Å². The molecule has 1 heterocycles. The molecule has 0 radical (unpaired) electrons. The van der Waals surface area contributed by atoms with Crippen molar-refractivity contribution in [1.82, 2.24) is 4.90 Å². The Morgan fingerprint density at radius 1 is 1.37 bits per heavy atom. The topological polar surface area (TPSA) is 72.6 Å². The lowest BCUT2D eigenvalue weighted by Gasteiger charge is -2.29. The zero-order chi connectivity index (χ0) is 13.8. The Balaban J connectivity index is 2.19. The minimum absolute atomic E-state index is 0.193. The molecule has 1 atom stereocenters. The van der Waals surface area contributed by atoms with E-state index >= 15 is 0 Å². The monoisotopic (exact) mass is 262 g/mol. The van der Waals surface area contributed by atoms with Crippen LogP contribution in [-0.4, -0.2) is 42.5 Å². The molecule has 0 fully saturated rings. The van der Waals surface area contributed by atoms with Crippen LogP contribution in [0.1, 0.15) is 22.8 Å². The van der Waals surface area contributed by atoms with Crippen molar-refractivity contribution in [2.24, 2.45) is 5.73 Å². The van der Waals surface area contributed by atoms with Gasteiger partial charge in [-0.1, -0.05) is 18.2 Å². The van der Waals surface area contributed by atoms with Crippen LogP contribution in [0.2, 0.25) is 0 Å². The Morgan fingerprint density at radius 2 is 2.11 bits per heavy atom. The first-order valence-electron chi connectivity index (χ1n) is 6.41. The molecule has 0 bridgehead atoms. The van der Waals surface area contributed by atoms with Gasteiger partial charge in [0.2, 0.25) is 5.91 Å². The Bertz CT molecular complexity index is 487. The summed E-state index contributed by atoms with van der Waals surface area (Å²) in [5, 5.41) is 0. The summed E-state index contributed by atoms with van der Waals surface area (Å²) in [6.07, 6.45) is -0.0473. The predicted octanol–water partition coefficient (Wildman–Crippen LogP) is 0.575. The molecule has 102 valence electrons. The molecule has 1 unspecified atom stereocenters. The van der Waals surface area contributed by atoms with Gasteiger partial charge in [-0.2, -0.15) is 0 Å². The molecule has 0 aliphatic carbocycles. The number of nitrogens with zero attached hydrogens (tertiary/aromatic N) is 1. The van der Waals surface area contributed by atoms with Gasteiger partial charge in [-0.15, -0.1) is 0 Å². The molecule has 0 aromatic heterocycles. The summed E-state index contributed by atoms with van der Waals surface area (Å²) in [6, 6.07) is 7.19. The van der Waals surface area contributed by atoms with Gasteiger partial charge in [0, 0.05) is 18.7 Å². The highest BCUT2D eigenvalue weighted by Crippen LogP contribution is 2.19. The average Bonchev–Trinajstić information content (AvgIpc) is 2.42. The summed E-state index contributed by atoms with van der Waals surface area (Å²) in [5.41, 5.74) is 6.97. The number of ether oxygens (including phenoxy) is 1. The zero-order valence-corrected chi connectivity index (χ0v) is 11.0. The molecule has 1 aliphatic rings. The van der Waals surface area contributed by atoms with E-state index in [0.717, 1.165) is 5.56 Å². The van der Waals surface area contributed by atoms with Gasteiger partial charge in [-0.05, 0) is 18.6 Å². The maximum atomic E-state index is 12.3. The van der Waals surface area contributed by atoms with Gasteiger partial charge < -0.3 is 10.5 Å². The third kappa shape index (κ3) is 2.83. The smallest absolute Gasteiger partial charge is 0.260 e. The molecule has 19 heavy (non-hydrogen) atoms. The Labute approximate surface area is 112 Å². The first-order chi connectivity index (χ1) is 9.17. The van der Waals surface area contributed by atoms with E-state index in [9.17, 15) is 9.59 Å². The number of fused-ring (bicyclic) bond motifs is 1. The largest absolute Gasteiger partial charge is 0.375 e. The van der Waals surface area contributed by atoms with Crippen molar-refractivity contribution in [3.63, 3.8) is 0 Å². The molecule has 2 amide bonds. The van der Waals surface area contributed by atoms with Crippen LogP contribution in [0.3, 0.4) is 0 Å². The number of hydrogen-bond donors (Lipinski definition) is 1. The minimum atomic E-state index is -0.303. The molecule has 2 N–H and O–H groups in total. The molecule has 5 nitrogen and oxygen atoms in total. The quantitative estimate of drug-likeness (QED) is 0.788. The van der Waals surface area contributed by atoms with E-state index in [-0.39, 0.29) is 37.4 Å². The van der Waals surface area contributed by atoms with Crippen LogP contribution in [0.5, 0.6) is 0 Å². The van der Waals surface area contributed by atoms with Crippen molar-refractivity contribution in [3.8, 4) is 0 Å². The van der Waals surface area contributed by atoms with E-state index in [1.165, 1.54) is 4.90 Å². The molecule has 2 rings (SSSR count). The van der Waals surface area contributed by atoms with Gasteiger partial charge in [0.1, 0.15) is 0 Å². The van der Waals surface area contributed by atoms with Crippen molar-refractivity contribution >= 4 is 11.8 Å². The fraction of sp³-hybridized carbons (Fsp3) is 0.429. The zero-order valence-electron chi connectivity index (χ0n) is 11.0. The predicted molar refractivity (Wildman–Crippen MR) is 70.7 cm³/mol. The lowest BCUT2D eigenvalue weighted by molar-refractivity contribution is -0.129. The van der Waals surface area contributed by atoms with Crippen LogP contribution in [0.15, 0.2) is 24.3 Å². The number of imide groups is 1. The highest BCUT2D eigenvalue weighted by atomic mass is 16.5. The van der Waals surface area contributed by atoms with Gasteiger partial charge in [0.25, 0.3) is 5.91 Å². The second-order valence-corrected chi connectivity index (χ2v) is 4.46. The van der Waals surface area contributed by atoms with Gasteiger partial charge in [0.05, 0.1) is 19.1 Å². The Hall–Kier alpha value is -1.72. The number of hydrogen-bond acceptors (Lipinski definition) is 4. The SMILES string of the molecule is CCOC(CN)CN1C(=O)Cc2ccccc2C1=O. The summed E-state index contributed by atoms with van der Waals surface area (Å²) in [6.45, 7) is 2.87. The molecule has 0 saturated carbocycles. The second kappa shape index (κ2) is 5.95. The number of carbonyl (C=O) groups is 2. The fourth-order valence-electron chi connectivity index (χ4n) is 2.22. The van der Waals surface area contributed by atoms with Gasteiger partial charge >= 0.3 is 0 Å².